The zero-order chi connectivity index (χ0) is 14.8. The Morgan fingerprint density at radius 1 is 1.30 bits per heavy atom. The monoisotopic (exact) mass is 288 g/mol. The molecule has 0 spiro atoms. The van der Waals surface area contributed by atoms with Crippen molar-refractivity contribution in [1.82, 2.24) is 9.97 Å². The van der Waals surface area contributed by atoms with Crippen molar-refractivity contribution in [2.75, 3.05) is 17.2 Å². The molecule has 1 aromatic heterocycles. The summed E-state index contributed by atoms with van der Waals surface area (Å²) in [4.78, 5) is 7.65. The molecule has 2 N–H and O–H groups in total. The second kappa shape index (κ2) is 5.46. The van der Waals surface area contributed by atoms with Crippen LogP contribution in [-0.2, 0) is 6.18 Å². The molecule has 1 aromatic rings. The van der Waals surface area contributed by atoms with Gasteiger partial charge >= 0.3 is 6.18 Å². The lowest BCUT2D eigenvalue weighted by molar-refractivity contribution is -0.141. The second-order valence-corrected chi connectivity index (χ2v) is 5.43. The van der Waals surface area contributed by atoms with E-state index in [4.69, 9.17) is 0 Å². The van der Waals surface area contributed by atoms with E-state index in [0.29, 0.717) is 6.54 Å². The zero-order valence-corrected chi connectivity index (χ0v) is 11.6. The summed E-state index contributed by atoms with van der Waals surface area (Å²) >= 11 is 0. The van der Waals surface area contributed by atoms with Crippen LogP contribution in [0, 0.1) is 0 Å². The van der Waals surface area contributed by atoms with Crippen LogP contribution in [-0.4, -0.2) is 22.1 Å². The maximum atomic E-state index is 12.9. The van der Waals surface area contributed by atoms with Crippen LogP contribution in [0.3, 0.4) is 0 Å². The van der Waals surface area contributed by atoms with Crippen molar-refractivity contribution in [2.24, 2.45) is 0 Å². The van der Waals surface area contributed by atoms with E-state index >= 15 is 0 Å². The highest BCUT2D eigenvalue weighted by Crippen LogP contribution is 2.36. The first kappa shape index (κ1) is 14.9. The third kappa shape index (κ3) is 3.52. The van der Waals surface area contributed by atoms with Crippen LogP contribution in [0.4, 0.5) is 24.9 Å². The van der Waals surface area contributed by atoms with E-state index in [2.05, 4.69) is 20.6 Å². The summed E-state index contributed by atoms with van der Waals surface area (Å²) in [5.41, 5.74) is -1.07. The Bertz CT molecular complexity index is 469. The molecule has 4 nitrogen and oxygen atoms in total. The molecular formula is C13H19F3N4. The van der Waals surface area contributed by atoms with Crippen molar-refractivity contribution in [3.8, 4) is 0 Å². The molecule has 0 amide bonds. The zero-order valence-electron chi connectivity index (χ0n) is 11.6. The standard InChI is InChI=1S/C13H19F3N4/c1-3-7-17-11-18-9(13(14,15)16)8-10(19-11)20-12(2)5-4-6-12/h8H,3-7H2,1-2H3,(H2,17,18,19,20). The Labute approximate surface area is 116 Å². The summed E-state index contributed by atoms with van der Waals surface area (Å²) in [5, 5.41) is 5.90. The van der Waals surface area contributed by atoms with Crippen molar-refractivity contribution in [3.63, 3.8) is 0 Å². The first-order valence-electron chi connectivity index (χ1n) is 6.81. The van der Waals surface area contributed by atoms with Gasteiger partial charge in [0.05, 0.1) is 0 Å². The Morgan fingerprint density at radius 3 is 2.50 bits per heavy atom. The molecule has 2 rings (SSSR count). The predicted molar refractivity (Wildman–Crippen MR) is 71.7 cm³/mol. The molecule has 0 aliphatic heterocycles. The average molecular weight is 288 g/mol. The largest absolute Gasteiger partial charge is 0.433 e. The van der Waals surface area contributed by atoms with Gasteiger partial charge < -0.3 is 10.6 Å². The average Bonchev–Trinajstić information content (AvgIpc) is 2.33. The van der Waals surface area contributed by atoms with Gasteiger partial charge in [0, 0.05) is 18.2 Å². The lowest BCUT2D eigenvalue weighted by atomic mass is 9.78. The maximum Gasteiger partial charge on any atom is 0.433 e. The minimum absolute atomic E-state index is 0.0205. The fourth-order valence-electron chi connectivity index (χ4n) is 2.11. The van der Waals surface area contributed by atoms with Crippen LogP contribution in [0.2, 0.25) is 0 Å². The molecule has 1 fully saturated rings. The molecule has 0 unspecified atom stereocenters. The number of alkyl halides is 3. The molecule has 112 valence electrons. The first-order valence-corrected chi connectivity index (χ1v) is 6.81. The molecule has 0 aromatic carbocycles. The quantitative estimate of drug-likeness (QED) is 0.868. The highest BCUT2D eigenvalue weighted by atomic mass is 19.4. The van der Waals surface area contributed by atoms with E-state index in [0.717, 1.165) is 31.7 Å². The highest BCUT2D eigenvalue weighted by Gasteiger charge is 2.36. The maximum absolute atomic E-state index is 12.9. The van der Waals surface area contributed by atoms with Gasteiger partial charge in [-0.05, 0) is 32.6 Å². The van der Waals surface area contributed by atoms with Gasteiger partial charge in [0.2, 0.25) is 5.95 Å². The van der Waals surface area contributed by atoms with E-state index in [9.17, 15) is 13.2 Å². The van der Waals surface area contributed by atoms with Crippen molar-refractivity contribution >= 4 is 11.8 Å². The molecule has 0 saturated heterocycles. The molecule has 1 aliphatic rings. The van der Waals surface area contributed by atoms with Crippen LogP contribution in [0.1, 0.15) is 45.2 Å². The summed E-state index contributed by atoms with van der Waals surface area (Å²) in [6.07, 6.45) is -0.712. The van der Waals surface area contributed by atoms with Gasteiger partial charge in [-0.15, -0.1) is 0 Å². The fraction of sp³-hybridized carbons (Fsp3) is 0.692. The second-order valence-electron chi connectivity index (χ2n) is 5.43. The van der Waals surface area contributed by atoms with Crippen molar-refractivity contribution in [2.45, 2.75) is 51.2 Å². The number of halogens is 3. The van der Waals surface area contributed by atoms with Gasteiger partial charge in [0.1, 0.15) is 5.82 Å². The smallest absolute Gasteiger partial charge is 0.365 e. The molecule has 1 saturated carbocycles. The molecule has 1 heterocycles. The lowest BCUT2D eigenvalue weighted by Crippen LogP contribution is -2.42. The number of nitrogens with one attached hydrogen (secondary N) is 2. The normalized spacial score (nSPS) is 17.4. The van der Waals surface area contributed by atoms with Crippen molar-refractivity contribution in [3.05, 3.63) is 11.8 Å². The first-order chi connectivity index (χ1) is 9.32. The summed E-state index contributed by atoms with van der Waals surface area (Å²) in [5.74, 6) is 0.250. The van der Waals surface area contributed by atoms with Gasteiger partial charge in [-0.25, -0.2) is 4.98 Å². The van der Waals surface area contributed by atoms with Gasteiger partial charge in [0.15, 0.2) is 5.69 Å². The molecule has 0 radical (unpaired) electrons. The minimum Gasteiger partial charge on any atom is -0.365 e. The summed E-state index contributed by atoms with van der Waals surface area (Å²) in [7, 11) is 0. The molecule has 0 atom stereocenters. The highest BCUT2D eigenvalue weighted by molar-refractivity contribution is 5.45. The van der Waals surface area contributed by atoms with E-state index in [1.807, 2.05) is 13.8 Å². The summed E-state index contributed by atoms with van der Waals surface area (Å²) < 4.78 is 38.6. The van der Waals surface area contributed by atoms with Gasteiger partial charge in [-0.2, -0.15) is 18.2 Å². The van der Waals surface area contributed by atoms with E-state index in [1.165, 1.54) is 0 Å². The lowest BCUT2D eigenvalue weighted by Gasteiger charge is -2.39. The Kier molecular flexibility index (Phi) is 4.06. The van der Waals surface area contributed by atoms with Crippen LogP contribution in [0.25, 0.3) is 0 Å². The van der Waals surface area contributed by atoms with E-state index in [1.54, 1.807) is 0 Å². The molecule has 1 aliphatic carbocycles. The third-order valence-corrected chi connectivity index (χ3v) is 3.44. The minimum atomic E-state index is -4.47. The third-order valence-electron chi connectivity index (χ3n) is 3.44. The molecule has 7 heteroatoms. The Hall–Kier alpha value is -1.53. The number of anilines is 2. The fourth-order valence-corrected chi connectivity index (χ4v) is 2.11. The number of hydrogen-bond donors (Lipinski definition) is 2. The van der Waals surface area contributed by atoms with E-state index in [-0.39, 0.29) is 17.3 Å². The predicted octanol–water partition coefficient (Wildman–Crippen LogP) is 3.67. The van der Waals surface area contributed by atoms with Crippen LogP contribution >= 0.6 is 0 Å². The Morgan fingerprint density at radius 2 is 2.00 bits per heavy atom. The van der Waals surface area contributed by atoms with Gasteiger partial charge in [0.25, 0.3) is 0 Å². The van der Waals surface area contributed by atoms with Gasteiger partial charge in [-0.3, -0.25) is 0 Å². The molecule has 0 bridgehead atoms. The van der Waals surface area contributed by atoms with Crippen molar-refractivity contribution in [1.29, 1.82) is 0 Å². The van der Waals surface area contributed by atoms with Crippen LogP contribution in [0.15, 0.2) is 6.07 Å². The van der Waals surface area contributed by atoms with E-state index < -0.39 is 11.9 Å². The van der Waals surface area contributed by atoms with Gasteiger partial charge in [-0.1, -0.05) is 6.92 Å². The number of rotatable bonds is 5. The number of hydrogen-bond acceptors (Lipinski definition) is 4. The Balaban J connectivity index is 2.25. The number of nitrogens with zero attached hydrogens (tertiary/aromatic N) is 2. The summed E-state index contributed by atoms with van der Waals surface area (Å²) in [6.45, 7) is 4.46. The molecular weight excluding hydrogens is 269 g/mol. The van der Waals surface area contributed by atoms with Crippen LogP contribution < -0.4 is 10.6 Å². The van der Waals surface area contributed by atoms with Crippen molar-refractivity contribution < 1.29 is 13.2 Å². The topological polar surface area (TPSA) is 49.8 Å². The SMILES string of the molecule is CCCNc1nc(NC2(C)CCC2)cc(C(F)(F)F)n1. The summed E-state index contributed by atoms with van der Waals surface area (Å²) in [6, 6.07) is 0.973. The van der Waals surface area contributed by atoms with Crippen LogP contribution in [0.5, 0.6) is 0 Å². The number of aromatic nitrogens is 2. The molecule has 20 heavy (non-hydrogen) atoms.